The lowest BCUT2D eigenvalue weighted by Gasteiger charge is -2.34. The van der Waals surface area contributed by atoms with Gasteiger partial charge in [-0.05, 0) is 50.2 Å². The molecule has 1 aromatic rings. The summed E-state index contributed by atoms with van der Waals surface area (Å²) in [5.41, 5.74) is -0.0312. The molecule has 1 aromatic carbocycles. The highest BCUT2D eigenvalue weighted by Gasteiger charge is 2.52. The molecule has 1 aliphatic carbocycles. The Hall–Kier alpha value is -2.08. The van der Waals surface area contributed by atoms with Crippen LogP contribution in [0.1, 0.15) is 57.6 Å². The lowest BCUT2D eigenvalue weighted by molar-refractivity contribution is -0.136. The van der Waals surface area contributed by atoms with Crippen molar-refractivity contribution < 1.29 is 14.4 Å². The highest BCUT2D eigenvalue weighted by atomic mass is 35.5. The molecule has 0 radical (unpaired) electrons. The van der Waals surface area contributed by atoms with Crippen molar-refractivity contribution in [3.63, 3.8) is 0 Å². The Morgan fingerprint density at radius 3 is 2.63 bits per heavy atom. The molecule has 146 valence electrons. The Balaban J connectivity index is 1.62. The van der Waals surface area contributed by atoms with Crippen LogP contribution in [0.25, 0.3) is 0 Å². The van der Waals surface area contributed by atoms with E-state index in [0.717, 1.165) is 29.7 Å². The molecule has 0 bridgehead atoms. The summed E-state index contributed by atoms with van der Waals surface area (Å²) in [5, 5.41) is 6.23. The van der Waals surface area contributed by atoms with Crippen LogP contribution in [-0.4, -0.2) is 34.8 Å². The fourth-order valence-corrected chi connectivity index (χ4v) is 4.37. The topological polar surface area (TPSA) is 78.5 Å². The number of carbonyl (C=O) groups is 3. The number of nitrogens with zero attached hydrogens (tertiary/aromatic N) is 1. The average Bonchev–Trinajstić information content (AvgIpc) is 2.87. The number of imide groups is 1. The molecule has 4 amide bonds. The van der Waals surface area contributed by atoms with Crippen LogP contribution in [0.3, 0.4) is 0 Å². The van der Waals surface area contributed by atoms with Crippen molar-refractivity contribution in [2.45, 2.75) is 57.5 Å². The minimum absolute atomic E-state index is 0.275. The van der Waals surface area contributed by atoms with Gasteiger partial charge < -0.3 is 10.6 Å². The van der Waals surface area contributed by atoms with Crippen LogP contribution in [0, 0.1) is 5.92 Å². The highest BCUT2D eigenvalue weighted by molar-refractivity contribution is 6.31. The predicted octanol–water partition coefficient (Wildman–Crippen LogP) is 3.41. The number of urea groups is 1. The van der Waals surface area contributed by atoms with Crippen molar-refractivity contribution in [1.82, 2.24) is 15.5 Å². The van der Waals surface area contributed by atoms with Crippen molar-refractivity contribution in [2.24, 2.45) is 5.92 Å². The third kappa shape index (κ3) is 3.95. The summed E-state index contributed by atoms with van der Waals surface area (Å²) in [6.07, 6.45) is 4.22. The average molecular weight is 392 g/mol. The van der Waals surface area contributed by atoms with Crippen LogP contribution in [0.15, 0.2) is 24.3 Å². The predicted molar refractivity (Wildman–Crippen MR) is 103 cm³/mol. The summed E-state index contributed by atoms with van der Waals surface area (Å²) in [7, 11) is 0. The first-order valence-electron chi connectivity index (χ1n) is 9.54. The summed E-state index contributed by atoms with van der Waals surface area (Å²) in [6.45, 7) is 3.69. The maximum Gasteiger partial charge on any atom is 0.325 e. The van der Waals surface area contributed by atoms with Gasteiger partial charge in [-0.15, -0.1) is 0 Å². The van der Waals surface area contributed by atoms with Gasteiger partial charge in [0, 0.05) is 5.02 Å². The quantitative estimate of drug-likeness (QED) is 0.755. The van der Waals surface area contributed by atoms with Crippen molar-refractivity contribution in [1.29, 1.82) is 0 Å². The molecule has 0 aromatic heterocycles. The summed E-state index contributed by atoms with van der Waals surface area (Å²) < 4.78 is 0. The molecule has 2 aliphatic rings. The van der Waals surface area contributed by atoms with Crippen LogP contribution < -0.4 is 10.6 Å². The van der Waals surface area contributed by atoms with Gasteiger partial charge in [-0.2, -0.15) is 0 Å². The lowest BCUT2D eigenvalue weighted by atomic mass is 9.75. The zero-order valence-corrected chi connectivity index (χ0v) is 16.5. The number of benzene rings is 1. The van der Waals surface area contributed by atoms with E-state index in [-0.39, 0.29) is 24.4 Å². The van der Waals surface area contributed by atoms with E-state index in [1.165, 1.54) is 0 Å². The van der Waals surface area contributed by atoms with Gasteiger partial charge in [0.25, 0.3) is 5.91 Å². The van der Waals surface area contributed by atoms with E-state index >= 15 is 0 Å². The first-order valence-corrected chi connectivity index (χ1v) is 9.92. The van der Waals surface area contributed by atoms with E-state index in [0.29, 0.717) is 23.8 Å². The molecule has 6 nitrogen and oxygen atoms in total. The number of amides is 4. The molecule has 1 atom stereocenters. The molecule has 1 saturated carbocycles. The highest BCUT2D eigenvalue weighted by Crippen LogP contribution is 2.37. The third-order valence-electron chi connectivity index (χ3n) is 5.83. The maximum atomic E-state index is 12.9. The number of rotatable bonds is 5. The van der Waals surface area contributed by atoms with Crippen LogP contribution in [0.5, 0.6) is 0 Å². The number of hydrogen-bond acceptors (Lipinski definition) is 3. The van der Waals surface area contributed by atoms with Gasteiger partial charge in [-0.3, -0.25) is 14.5 Å². The molecule has 3 rings (SSSR count). The van der Waals surface area contributed by atoms with Crippen molar-refractivity contribution >= 4 is 29.4 Å². The third-order valence-corrected chi connectivity index (χ3v) is 6.18. The molecule has 2 fully saturated rings. The molecule has 1 aliphatic heterocycles. The van der Waals surface area contributed by atoms with Crippen LogP contribution >= 0.6 is 11.6 Å². The van der Waals surface area contributed by atoms with Gasteiger partial charge in [0.15, 0.2) is 0 Å². The van der Waals surface area contributed by atoms with Crippen LogP contribution in [0.4, 0.5) is 4.79 Å². The van der Waals surface area contributed by atoms with E-state index in [9.17, 15) is 14.4 Å². The Bertz CT molecular complexity index is 744. The second kappa shape index (κ2) is 7.89. The second-order valence-electron chi connectivity index (χ2n) is 7.57. The normalized spacial score (nSPS) is 26.2. The van der Waals surface area contributed by atoms with Gasteiger partial charge in [0.1, 0.15) is 12.1 Å². The summed E-state index contributed by atoms with van der Waals surface area (Å²) >= 11 is 6.16. The molecule has 1 heterocycles. The van der Waals surface area contributed by atoms with E-state index in [1.807, 2.05) is 25.1 Å². The zero-order chi connectivity index (χ0) is 19.6. The van der Waals surface area contributed by atoms with Crippen molar-refractivity contribution in [2.75, 3.05) is 6.54 Å². The smallest absolute Gasteiger partial charge is 0.325 e. The number of nitrogens with one attached hydrogen (secondary N) is 2. The molecule has 2 N–H and O–H groups in total. The SMILES string of the molecule is CCC1CCC2(CC1)NC(=O)N(CC(=O)NC(C)c1ccccc1Cl)C2=O. The largest absolute Gasteiger partial charge is 0.348 e. The number of carbonyl (C=O) groups excluding carboxylic acids is 3. The first-order chi connectivity index (χ1) is 12.9. The fraction of sp³-hybridized carbons (Fsp3) is 0.550. The minimum atomic E-state index is -0.822. The van der Waals surface area contributed by atoms with E-state index in [2.05, 4.69) is 17.6 Å². The Labute approximate surface area is 164 Å². The number of hydrogen-bond donors (Lipinski definition) is 2. The summed E-state index contributed by atoms with van der Waals surface area (Å²) in [6, 6.07) is 6.46. The number of halogens is 1. The van der Waals surface area contributed by atoms with Gasteiger partial charge >= 0.3 is 6.03 Å². The van der Waals surface area contributed by atoms with E-state index in [1.54, 1.807) is 6.07 Å². The monoisotopic (exact) mass is 391 g/mol. The zero-order valence-electron chi connectivity index (χ0n) is 15.8. The first kappa shape index (κ1) is 19.7. The molecule has 1 saturated heterocycles. The fourth-order valence-electron chi connectivity index (χ4n) is 4.07. The second-order valence-corrected chi connectivity index (χ2v) is 7.97. The van der Waals surface area contributed by atoms with Crippen molar-refractivity contribution in [3.8, 4) is 0 Å². The van der Waals surface area contributed by atoms with Gasteiger partial charge in [-0.25, -0.2) is 4.79 Å². The Morgan fingerprint density at radius 2 is 2.00 bits per heavy atom. The summed E-state index contributed by atoms with van der Waals surface area (Å²) in [5.74, 6) is -0.0537. The van der Waals surface area contributed by atoms with Crippen LogP contribution in [0.2, 0.25) is 5.02 Å². The molecule has 1 unspecified atom stereocenters. The molecule has 1 spiro atoms. The Morgan fingerprint density at radius 1 is 1.33 bits per heavy atom. The Kier molecular flexibility index (Phi) is 5.75. The van der Waals surface area contributed by atoms with Gasteiger partial charge in [-0.1, -0.05) is 43.1 Å². The maximum absolute atomic E-state index is 12.9. The van der Waals surface area contributed by atoms with Crippen LogP contribution in [-0.2, 0) is 9.59 Å². The van der Waals surface area contributed by atoms with Gasteiger partial charge in [0.2, 0.25) is 5.91 Å². The standard InChI is InChI=1S/C20H26ClN3O3/c1-3-14-8-10-20(11-9-14)18(26)24(19(27)23-20)12-17(25)22-13(2)15-6-4-5-7-16(15)21/h4-7,13-14H,3,8-12H2,1-2H3,(H,22,25)(H,23,27). The van der Waals surface area contributed by atoms with E-state index < -0.39 is 11.6 Å². The summed E-state index contributed by atoms with van der Waals surface area (Å²) in [4.78, 5) is 38.7. The van der Waals surface area contributed by atoms with Crippen molar-refractivity contribution in [3.05, 3.63) is 34.9 Å². The molecule has 27 heavy (non-hydrogen) atoms. The lowest BCUT2D eigenvalue weighted by Crippen LogP contribution is -2.50. The molecular formula is C20H26ClN3O3. The van der Waals surface area contributed by atoms with Gasteiger partial charge in [0.05, 0.1) is 6.04 Å². The minimum Gasteiger partial charge on any atom is -0.348 e. The molecule has 7 heteroatoms. The van der Waals surface area contributed by atoms with E-state index in [4.69, 9.17) is 11.6 Å². The molecular weight excluding hydrogens is 366 g/mol.